The predicted molar refractivity (Wildman–Crippen MR) is 37.6 cm³/mol. The van der Waals surface area contributed by atoms with Gasteiger partial charge in [0.25, 0.3) is 0 Å². The van der Waals surface area contributed by atoms with E-state index in [-0.39, 0.29) is 0 Å². The van der Waals surface area contributed by atoms with Crippen LogP contribution in [-0.4, -0.2) is 30.5 Å². The highest BCUT2D eigenvalue weighted by Crippen LogP contribution is 2.24. The van der Waals surface area contributed by atoms with Gasteiger partial charge in [-0.2, -0.15) is 0 Å². The molecule has 0 aromatic heterocycles. The highest BCUT2D eigenvalue weighted by molar-refractivity contribution is 6.44. The lowest BCUT2D eigenvalue weighted by atomic mass is 10.4. The molecule has 0 amide bonds. The quantitative estimate of drug-likeness (QED) is 0.498. The Balaban J connectivity index is 2.57. The van der Waals surface area contributed by atoms with Crippen LogP contribution in [0.3, 0.4) is 0 Å². The summed E-state index contributed by atoms with van der Waals surface area (Å²) in [5.41, 5.74) is 0. The summed E-state index contributed by atoms with van der Waals surface area (Å²) in [6, 6.07) is 0. The number of carbonyl (C=O) groups excluding carboxylic acids is 1. The summed E-state index contributed by atoms with van der Waals surface area (Å²) < 4.78 is 13.8. The van der Waals surface area contributed by atoms with E-state index in [1.54, 1.807) is 0 Å². The number of alkyl halides is 2. The number of carbonyl (C=O) groups is 1. The number of halogens is 2. The third-order valence-electron chi connectivity index (χ3n) is 1.19. The molecule has 0 aliphatic carbocycles. The Bertz CT molecular complexity index is 161. The Morgan fingerprint density at radius 3 is 2.55 bits per heavy atom. The molecule has 11 heavy (non-hydrogen) atoms. The maximum atomic E-state index is 10.5. The molecule has 1 rings (SSSR count). The fraction of sp³-hybridized carbons (Fsp3) is 0.800. The van der Waals surface area contributed by atoms with Crippen LogP contribution in [0.15, 0.2) is 0 Å². The first-order valence-electron chi connectivity index (χ1n) is 2.83. The van der Waals surface area contributed by atoms with Gasteiger partial charge in [-0.25, -0.2) is 4.79 Å². The Morgan fingerprint density at radius 2 is 2.18 bits per heavy atom. The summed E-state index contributed by atoms with van der Waals surface area (Å²) in [5, 5.41) is 0. The highest BCUT2D eigenvalue weighted by atomic mass is 35.5. The Labute approximate surface area is 73.3 Å². The molecule has 1 aliphatic heterocycles. The van der Waals surface area contributed by atoms with Crippen molar-refractivity contribution >= 4 is 29.4 Å². The average molecular weight is 201 g/mol. The second-order valence-corrected chi connectivity index (χ2v) is 3.05. The number of hydrogen-bond donors (Lipinski definition) is 0. The van der Waals surface area contributed by atoms with E-state index in [2.05, 4.69) is 9.47 Å². The zero-order chi connectivity index (χ0) is 8.43. The van der Waals surface area contributed by atoms with E-state index >= 15 is 0 Å². The molecule has 6 heteroatoms. The highest BCUT2D eigenvalue weighted by Gasteiger charge is 2.41. The second-order valence-electron chi connectivity index (χ2n) is 1.89. The summed E-state index contributed by atoms with van der Waals surface area (Å²) >= 11 is 10.9. The fourth-order valence-electron chi connectivity index (χ4n) is 0.709. The smallest absolute Gasteiger partial charge is 0.421 e. The molecule has 1 saturated heterocycles. The number of cyclic esters (lactones) is 2. The lowest BCUT2D eigenvalue weighted by molar-refractivity contribution is -0.0732. The van der Waals surface area contributed by atoms with Crippen molar-refractivity contribution in [1.29, 1.82) is 0 Å². The van der Waals surface area contributed by atoms with Crippen LogP contribution in [0, 0.1) is 0 Å². The summed E-state index contributed by atoms with van der Waals surface area (Å²) in [7, 11) is 1.37. The third-order valence-corrected chi connectivity index (χ3v) is 1.69. The first kappa shape index (κ1) is 8.90. The van der Waals surface area contributed by atoms with Gasteiger partial charge < -0.3 is 14.2 Å². The first-order valence-corrected chi connectivity index (χ1v) is 3.70. The van der Waals surface area contributed by atoms with Crippen molar-refractivity contribution in [3.63, 3.8) is 0 Å². The zero-order valence-corrected chi connectivity index (χ0v) is 7.13. The Kier molecular flexibility index (Phi) is 2.81. The van der Waals surface area contributed by atoms with Gasteiger partial charge in [-0.1, -0.05) is 0 Å². The van der Waals surface area contributed by atoms with E-state index in [9.17, 15) is 4.79 Å². The second kappa shape index (κ2) is 3.47. The van der Waals surface area contributed by atoms with Crippen LogP contribution in [0.2, 0.25) is 0 Å². The van der Waals surface area contributed by atoms with Crippen LogP contribution in [0.1, 0.15) is 0 Å². The molecule has 0 aromatic carbocycles. The third kappa shape index (κ3) is 1.89. The van der Waals surface area contributed by atoms with Gasteiger partial charge in [-0.05, 0) is 0 Å². The van der Waals surface area contributed by atoms with Crippen molar-refractivity contribution in [1.82, 2.24) is 0 Å². The minimum atomic E-state index is -0.841. The van der Waals surface area contributed by atoms with Crippen molar-refractivity contribution in [2.24, 2.45) is 0 Å². The molecule has 0 bridgehead atoms. The number of methoxy groups -OCH3 is 1. The number of rotatable bonds is 2. The molecule has 4 nitrogen and oxygen atoms in total. The summed E-state index contributed by atoms with van der Waals surface area (Å²) in [6.07, 6.45) is -2.36. The van der Waals surface area contributed by atoms with Gasteiger partial charge in [0.2, 0.25) is 6.29 Å². The van der Waals surface area contributed by atoms with Gasteiger partial charge in [0.1, 0.15) is 0 Å². The topological polar surface area (TPSA) is 44.8 Å². The van der Waals surface area contributed by atoms with Crippen LogP contribution in [0.4, 0.5) is 4.79 Å². The fourth-order valence-corrected chi connectivity index (χ4v) is 1.05. The minimum absolute atomic E-state index is 0.740. The van der Waals surface area contributed by atoms with Gasteiger partial charge in [-0.3, -0.25) is 0 Å². The van der Waals surface area contributed by atoms with E-state index in [0.29, 0.717) is 0 Å². The van der Waals surface area contributed by atoms with Gasteiger partial charge in [0.15, 0.2) is 10.9 Å². The monoisotopic (exact) mass is 200 g/mol. The maximum Gasteiger partial charge on any atom is 0.511 e. The van der Waals surface area contributed by atoms with E-state index in [1.807, 2.05) is 0 Å². The molecular weight excluding hydrogens is 195 g/mol. The van der Waals surface area contributed by atoms with Gasteiger partial charge in [-0.15, -0.1) is 23.2 Å². The molecule has 1 aliphatic rings. The van der Waals surface area contributed by atoms with Gasteiger partial charge >= 0.3 is 6.16 Å². The largest absolute Gasteiger partial charge is 0.511 e. The number of hydrogen-bond acceptors (Lipinski definition) is 4. The van der Waals surface area contributed by atoms with E-state index in [4.69, 9.17) is 27.9 Å². The van der Waals surface area contributed by atoms with Crippen molar-refractivity contribution in [3.8, 4) is 0 Å². The van der Waals surface area contributed by atoms with Crippen molar-refractivity contribution in [2.45, 2.75) is 17.2 Å². The van der Waals surface area contributed by atoms with Crippen LogP contribution in [-0.2, 0) is 14.2 Å². The number of ether oxygens (including phenoxy) is 3. The lowest BCUT2D eigenvalue weighted by Crippen LogP contribution is -2.29. The molecule has 0 unspecified atom stereocenters. The van der Waals surface area contributed by atoms with Crippen LogP contribution in [0.5, 0.6) is 0 Å². The summed E-state index contributed by atoms with van der Waals surface area (Å²) in [6.45, 7) is 0. The molecule has 1 fully saturated rings. The first-order chi connectivity index (χ1) is 5.15. The summed E-state index contributed by atoms with van der Waals surface area (Å²) in [4.78, 5) is 9.64. The normalized spacial score (nSPS) is 30.4. The molecule has 1 heterocycles. The SMILES string of the molecule is CO[C@@H]1OC(=O)O[C@H]1C(Cl)Cl. The molecule has 0 radical (unpaired) electrons. The molecule has 64 valence electrons. The maximum absolute atomic E-state index is 10.5. The molecule has 0 aromatic rings. The van der Waals surface area contributed by atoms with E-state index in [0.717, 1.165) is 0 Å². The average Bonchev–Trinajstić information content (AvgIpc) is 2.30. The molecule has 2 atom stereocenters. The summed E-state index contributed by atoms with van der Waals surface area (Å²) in [5.74, 6) is 0. The predicted octanol–water partition coefficient (Wildman–Crippen LogP) is 1.30. The Hall–Kier alpha value is -0.190. The minimum Gasteiger partial charge on any atom is -0.421 e. The molecule has 0 N–H and O–H groups in total. The Morgan fingerprint density at radius 1 is 1.55 bits per heavy atom. The van der Waals surface area contributed by atoms with Crippen LogP contribution in [0.25, 0.3) is 0 Å². The van der Waals surface area contributed by atoms with Gasteiger partial charge in [0.05, 0.1) is 0 Å². The van der Waals surface area contributed by atoms with Crippen LogP contribution >= 0.6 is 23.2 Å². The van der Waals surface area contributed by atoms with Crippen molar-refractivity contribution < 1.29 is 19.0 Å². The van der Waals surface area contributed by atoms with E-state index < -0.39 is 23.4 Å². The van der Waals surface area contributed by atoms with Gasteiger partial charge in [0, 0.05) is 7.11 Å². The lowest BCUT2D eigenvalue weighted by Gasteiger charge is -2.13. The molecule has 0 spiro atoms. The molecule has 0 saturated carbocycles. The van der Waals surface area contributed by atoms with Crippen molar-refractivity contribution in [2.75, 3.05) is 7.11 Å². The van der Waals surface area contributed by atoms with E-state index in [1.165, 1.54) is 7.11 Å². The zero-order valence-electron chi connectivity index (χ0n) is 5.62. The van der Waals surface area contributed by atoms with Crippen LogP contribution < -0.4 is 0 Å². The molecular formula is C5H6Cl2O4. The van der Waals surface area contributed by atoms with Crippen molar-refractivity contribution in [3.05, 3.63) is 0 Å². The standard InChI is InChI=1S/C5H6Cl2O4/c1-9-4-2(3(6)7)10-5(8)11-4/h2-4H,1H3/t2-,4+/m0/s1.